The van der Waals surface area contributed by atoms with Gasteiger partial charge in [-0.15, -0.1) is 0 Å². The lowest BCUT2D eigenvalue weighted by molar-refractivity contribution is -0.140. The maximum Gasteiger partial charge on any atom is 0.409 e. The molecule has 1 saturated carbocycles. The number of nitrogens with one attached hydrogen (secondary N) is 1. The first-order valence-electron chi connectivity index (χ1n) is 15.3. The summed E-state index contributed by atoms with van der Waals surface area (Å²) in [5.74, 6) is -2.57. The van der Waals surface area contributed by atoms with Gasteiger partial charge in [0.05, 0.1) is 12.5 Å². The summed E-state index contributed by atoms with van der Waals surface area (Å²) < 4.78 is 5.26. The summed E-state index contributed by atoms with van der Waals surface area (Å²) >= 11 is 0. The SMILES string of the molecule is CCCCOC(=O)N1CCN(C(=O)[C@H](CCC(=O)O)NC(=O)c2cc(N3CC4C(C3)C4C(=O)O)nc(-c3ccccc3)n2)CC1. The highest BCUT2D eigenvalue weighted by atomic mass is 16.6. The molecule has 14 nitrogen and oxygen atoms in total. The number of unbranched alkanes of at least 4 members (excludes halogenated alkanes) is 1. The number of ether oxygens (including phenoxy) is 1. The highest BCUT2D eigenvalue weighted by molar-refractivity contribution is 5.97. The number of carbonyl (C=O) groups excluding carboxylic acids is 3. The van der Waals surface area contributed by atoms with Gasteiger partial charge in [0.25, 0.3) is 5.91 Å². The van der Waals surface area contributed by atoms with Crippen molar-refractivity contribution in [1.82, 2.24) is 25.1 Å². The average molecular weight is 623 g/mol. The minimum Gasteiger partial charge on any atom is -0.481 e. The second-order valence-electron chi connectivity index (χ2n) is 11.6. The molecule has 14 heteroatoms. The van der Waals surface area contributed by atoms with Gasteiger partial charge in [0, 0.05) is 57.3 Å². The van der Waals surface area contributed by atoms with Gasteiger partial charge in [-0.2, -0.15) is 0 Å². The van der Waals surface area contributed by atoms with Crippen molar-refractivity contribution in [2.75, 3.05) is 50.8 Å². The Balaban J connectivity index is 1.31. The van der Waals surface area contributed by atoms with Crippen molar-refractivity contribution in [2.24, 2.45) is 17.8 Å². The van der Waals surface area contributed by atoms with Crippen molar-refractivity contribution in [1.29, 1.82) is 0 Å². The molecule has 1 aromatic heterocycles. The van der Waals surface area contributed by atoms with Crippen LogP contribution in [0.3, 0.4) is 0 Å². The molecule has 0 bridgehead atoms. The molecule has 3 N–H and O–H groups in total. The van der Waals surface area contributed by atoms with E-state index in [9.17, 15) is 34.2 Å². The van der Waals surface area contributed by atoms with Gasteiger partial charge in [0.2, 0.25) is 5.91 Å². The number of benzene rings is 1. The second-order valence-corrected chi connectivity index (χ2v) is 11.6. The number of anilines is 1. The van der Waals surface area contributed by atoms with Crippen LogP contribution in [0.15, 0.2) is 36.4 Å². The van der Waals surface area contributed by atoms with Gasteiger partial charge in [-0.1, -0.05) is 43.7 Å². The van der Waals surface area contributed by atoms with Gasteiger partial charge >= 0.3 is 18.0 Å². The van der Waals surface area contributed by atoms with Gasteiger partial charge in [-0.3, -0.25) is 19.2 Å². The highest BCUT2D eigenvalue weighted by Gasteiger charge is 2.60. The van der Waals surface area contributed by atoms with Crippen molar-refractivity contribution >= 4 is 35.7 Å². The smallest absolute Gasteiger partial charge is 0.409 e. The van der Waals surface area contributed by atoms with Crippen LogP contribution < -0.4 is 10.2 Å². The van der Waals surface area contributed by atoms with Crippen molar-refractivity contribution < 1.29 is 38.9 Å². The number of piperazine rings is 1. The molecule has 2 aliphatic heterocycles. The summed E-state index contributed by atoms with van der Waals surface area (Å²) in [4.78, 5) is 76.5. The van der Waals surface area contributed by atoms with Crippen molar-refractivity contribution in [3.05, 3.63) is 42.1 Å². The van der Waals surface area contributed by atoms with Gasteiger partial charge in [0.1, 0.15) is 17.6 Å². The number of carboxylic acid groups (broad SMARTS) is 2. The summed E-state index contributed by atoms with van der Waals surface area (Å²) in [5, 5.41) is 21.5. The maximum atomic E-state index is 13.6. The standard InChI is InChI=1S/C31H38N6O8/c1-2-3-15-45-31(44)36-13-11-35(12-14-36)29(41)22(9-10-25(38)39)33-28(40)23-16-24(34-27(32-23)19-7-5-4-6-8-19)37-17-20-21(18-37)26(20)30(42)43/h4-8,16,20-22,26H,2-3,9-15,17-18H2,1H3,(H,33,40)(H,38,39)(H,42,43)/t20?,21?,22-,26?/m0/s1. The van der Waals surface area contributed by atoms with Crippen molar-refractivity contribution in [3.63, 3.8) is 0 Å². The van der Waals surface area contributed by atoms with E-state index in [0.717, 1.165) is 12.8 Å². The Morgan fingerprint density at radius 3 is 2.27 bits per heavy atom. The van der Waals surface area contributed by atoms with Crippen LogP contribution >= 0.6 is 0 Å². The van der Waals surface area contributed by atoms with Crippen LogP contribution in [0.2, 0.25) is 0 Å². The zero-order valence-electron chi connectivity index (χ0n) is 25.1. The zero-order valence-corrected chi connectivity index (χ0v) is 25.1. The zero-order chi connectivity index (χ0) is 32.1. The average Bonchev–Trinajstić information content (AvgIpc) is 3.56. The topological polar surface area (TPSA) is 183 Å². The molecule has 2 aromatic rings. The van der Waals surface area contributed by atoms with E-state index in [1.54, 1.807) is 12.1 Å². The number of carbonyl (C=O) groups is 5. The first-order valence-corrected chi connectivity index (χ1v) is 15.3. The lowest BCUT2D eigenvalue weighted by atomic mass is 10.1. The molecule has 3 heterocycles. The molecule has 3 fully saturated rings. The van der Waals surface area contributed by atoms with Crippen LogP contribution in [0.4, 0.5) is 10.6 Å². The Kier molecular flexibility index (Phi) is 9.79. The number of hydrogen-bond donors (Lipinski definition) is 3. The number of piperidine rings is 1. The molecule has 1 aromatic carbocycles. The number of aliphatic carboxylic acids is 2. The maximum absolute atomic E-state index is 13.6. The molecule has 0 spiro atoms. The Bertz CT molecular complexity index is 1420. The predicted molar refractivity (Wildman–Crippen MR) is 160 cm³/mol. The van der Waals surface area contributed by atoms with E-state index in [1.807, 2.05) is 30.0 Å². The third-order valence-electron chi connectivity index (χ3n) is 8.60. The molecule has 3 amide bonds. The summed E-state index contributed by atoms with van der Waals surface area (Å²) in [7, 11) is 0. The van der Waals surface area contributed by atoms with Gasteiger partial charge in [-0.25, -0.2) is 14.8 Å². The Morgan fingerprint density at radius 2 is 1.64 bits per heavy atom. The van der Waals surface area contributed by atoms with Crippen LogP contribution in [0, 0.1) is 17.8 Å². The fourth-order valence-corrected chi connectivity index (χ4v) is 5.99. The Labute approximate surface area is 260 Å². The molecule has 3 atom stereocenters. The van der Waals surface area contributed by atoms with Crippen molar-refractivity contribution in [3.8, 4) is 11.4 Å². The first kappa shape index (κ1) is 31.7. The lowest BCUT2D eigenvalue weighted by Gasteiger charge is -2.36. The van der Waals surface area contributed by atoms with E-state index in [1.165, 1.54) is 15.9 Å². The number of hydrogen-bond acceptors (Lipinski definition) is 9. The van der Waals surface area contributed by atoms with Gasteiger partial charge in [-0.05, 0) is 24.7 Å². The van der Waals surface area contributed by atoms with Crippen LogP contribution in [-0.2, 0) is 19.1 Å². The van der Waals surface area contributed by atoms with E-state index < -0.39 is 35.9 Å². The lowest BCUT2D eigenvalue weighted by Crippen LogP contribution is -2.56. The minimum absolute atomic E-state index is 0.00183. The van der Waals surface area contributed by atoms with Crippen LogP contribution in [-0.4, -0.2) is 112 Å². The highest BCUT2D eigenvalue weighted by Crippen LogP contribution is 2.52. The molecule has 1 aliphatic carbocycles. The second kappa shape index (κ2) is 13.9. The fourth-order valence-electron chi connectivity index (χ4n) is 5.99. The van der Waals surface area contributed by atoms with Gasteiger partial charge < -0.3 is 35.0 Å². The summed E-state index contributed by atoms with van der Waals surface area (Å²) in [5.41, 5.74) is 0.674. The third kappa shape index (κ3) is 7.49. The molecular formula is C31H38N6O8. The Hall–Kier alpha value is -4.75. The van der Waals surface area contributed by atoms with Crippen molar-refractivity contribution in [2.45, 2.75) is 38.6 Å². The van der Waals surface area contributed by atoms with E-state index >= 15 is 0 Å². The van der Waals surface area contributed by atoms with E-state index in [-0.39, 0.29) is 62.5 Å². The molecule has 0 radical (unpaired) electrons. The summed E-state index contributed by atoms with van der Waals surface area (Å²) in [6.07, 6.45) is 0.754. The number of rotatable bonds is 12. The monoisotopic (exact) mass is 622 g/mol. The summed E-state index contributed by atoms with van der Waals surface area (Å²) in [6.45, 7) is 4.25. The summed E-state index contributed by atoms with van der Waals surface area (Å²) in [6, 6.07) is 9.48. The van der Waals surface area contributed by atoms with E-state index in [4.69, 9.17) is 4.74 Å². The van der Waals surface area contributed by atoms with Crippen LogP contribution in [0.25, 0.3) is 11.4 Å². The Morgan fingerprint density at radius 1 is 0.978 bits per heavy atom. The molecular weight excluding hydrogens is 584 g/mol. The largest absolute Gasteiger partial charge is 0.481 e. The normalized spacial score (nSPS) is 21.1. The quantitative estimate of drug-likeness (QED) is 0.294. The van der Waals surface area contributed by atoms with E-state index in [2.05, 4.69) is 15.3 Å². The predicted octanol–water partition coefficient (Wildman–Crippen LogP) is 1.95. The molecule has 5 rings (SSSR count). The number of aromatic nitrogens is 2. The van der Waals surface area contributed by atoms with Crippen LogP contribution in [0.5, 0.6) is 0 Å². The van der Waals surface area contributed by atoms with Crippen LogP contribution in [0.1, 0.15) is 43.1 Å². The number of nitrogens with zero attached hydrogens (tertiary/aromatic N) is 5. The fraction of sp³-hybridized carbons (Fsp3) is 0.516. The molecule has 3 aliphatic rings. The molecule has 2 saturated heterocycles. The molecule has 45 heavy (non-hydrogen) atoms. The number of amides is 3. The third-order valence-corrected chi connectivity index (χ3v) is 8.60. The molecule has 240 valence electrons. The number of carboxylic acids is 2. The first-order chi connectivity index (χ1) is 21.7. The van der Waals surface area contributed by atoms with E-state index in [0.29, 0.717) is 36.9 Å². The molecule has 2 unspecified atom stereocenters. The minimum atomic E-state index is -1.13. The number of fused-ring (bicyclic) bond motifs is 1. The van der Waals surface area contributed by atoms with Gasteiger partial charge in [0.15, 0.2) is 5.82 Å².